The van der Waals surface area contributed by atoms with E-state index in [0.29, 0.717) is 22.4 Å². The van der Waals surface area contributed by atoms with Crippen LogP contribution < -0.4 is 10.1 Å². The van der Waals surface area contributed by atoms with Gasteiger partial charge in [0.2, 0.25) is 5.91 Å². The van der Waals surface area contributed by atoms with E-state index in [4.69, 9.17) is 14.4 Å². The van der Waals surface area contributed by atoms with Crippen LogP contribution in [0.2, 0.25) is 0 Å². The number of rotatable bonds is 6. The maximum absolute atomic E-state index is 14.2. The smallest absolute Gasteiger partial charge is 0.248 e. The van der Waals surface area contributed by atoms with Crippen molar-refractivity contribution in [2.45, 2.75) is 33.1 Å². The molecule has 2 aromatic heterocycles. The third kappa shape index (κ3) is 3.97. The number of H-pyrrole nitrogens is 1. The van der Waals surface area contributed by atoms with Crippen LogP contribution in [0.3, 0.4) is 0 Å². The Morgan fingerprint density at radius 2 is 2.24 bits per heavy atom. The Kier molecular flexibility index (Phi) is 4.71. The van der Waals surface area contributed by atoms with Gasteiger partial charge in [0.15, 0.2) is 17.3 Å². The first-order chi connectivity index (χ1) is 11.9. The zero-order chi connectivity index (χ0) is 18.0. The molecule has 0 saturated carbocycles. The molecule has 3 rings (SSSR count). The van der Waals surface area contributed by atoms with Crippen molar-refractivity contribution in [1.82, 2.24) is 15.5 Å². The first-order valence-corrected chi connectivity index (χ1v) is 7.74. The van der Waals surface area contributed by atoms with Crippen LogP contribution in [0.5, 0.6) is 5.75 Å². The van der Waals surface area contributed by atoms with Crippen molar-refractivity contribution in [2.24, 2.45) is 0 Å². The lowest BCUT2D eigenvalue weighted by molar-refractivity contribution is -0.128. The third-order valence-corrected chi connectivity index (χ3v) is 3.61. The van der Waals surface area contributed by atoms with E-state index < -0.39 is 17.8 Å². The minimum Gasteiger partial charge on any atom is -0.482 e. The summed E-state index contributed by atoms with van der Waals surface area (Å²) in [4.78, 5) is 14.5. The summed E-state index contributed by atoms with van der Waals surface area (Å²) in [5, 5.41) is 16.1. The Bertz CT molecular complexity index is 901. The average Bonchev–Trinajstić information content (AvgIpc) is 3.15. The van der Waals surface area contributed by atoms with Gasteiger partial charge in [-0.15, -0.1) is 0 Å². The molecular formula is C17H18FN3O4. The van der Waals surface area contributed by atoms with Gasteiger partial charge in [0.1, 0.15) is 12.7 Å². The molecule has 1 amide bonds. The van der Waals surface area contributed by atoms with Crippen molar-refractivity contribution in [3.05, 3.63) is 47.2 Å². The fourth-order valence-electron chi connectivity index (χ4n) is 2.36. The van der Waals surface area contributed by atoms with Crippen molar-refractivity contribution >= 4 is 16.8 Å². The fraction of sp³-hybridized carbons (Fsp3) is 0.294. The molecule has 1 atom stereocenters. The molecule has 3 aromatic rings. The molecule has 0 aliphatic heterocycles. The lowest BCUT2D eigenvalue weighted by atomic mass is 10.2. The van der Waals surface area contributed by atoms with Crippen LogP contribution in [-0.2, 0) is 17.9 Å². The summed E-state index contributed by atoms with van der Waals surface area (Å²) < 4.78 is 24.6. The molecule has 0 fully saturated rings. The molecule has 25 heavy (non-hydrogen) atoms. The second kappa shape index (κ2) is 6.94. The number of aryl methyl sites for hydroxylation is 1. The molecule has 0 spiro atoms. The number of amides is 1. The molecular weight excluding hydrogens is 329 g/mol. The van der Waals surface area contributed by atoms with Crippen LogP contribution in [-0.4, -0.2) is 27.3 Å². The Morgan fingerprint density at radius 3 is 2.92 bits per heavy atom. The standard InChI is InChI=1S/C17H18FN3O4/c1-9-3-13(25-21-9)8-24-16-6-15-11(5-14(16)18)4-12(20-15)7-19-17(23)10(2)22/h3-6,10,20,22H,7-8H2,1-2H3,(H,19,23)/t10-/m1/s1. The largest absolute Gasteiger partial charge is 0.482 e. The van der Waals surface area contributed by atoms with Crippen LogP contribution in [0.25, 0.3) is 10.9 Å². The van der Waals surface area contributed by atoms with E-state index in [1.54, 1.807) is 25.1 Å². The van der Waals surface area contributed by atoms with Crippen LogP contribution in [0, 0.1) is 12.7 Å². The van der Waals surface area contributed by atoms with Crippen molar-refractivity contribution in [2.75, 3.05) is 0 Å². The topological polar surface area (TPSA) is 100 Å². The van der Waals surface area contributed by atoms with Gasteiger partial charge in [-0.25, -0.2) is 4.39 Å². The predicted molar refractivity (Wildman–Crippen MR) is 87.4 cm³/mol. The molecule has 0 radical (unpaired) electrons. The van der Waals surface area contributed by atoms with Gasteiger partial charge in [-0.05, 0) is 26.0 Å². The van der Waals surface area contributed by atoms with E-state index in [2.05, 4.69) is 15.5 Å². The van der Waals surface area contributed by atoms with E-state index >= 15 is 0 Å². The molecule has 3 N–H and O–H groups in total. The zero-order valence-corrected chi connectivity index (χ0v) is 13.8. The normalized spacial score (nSPS) is 12.3. The van der Waals surface area contributed by atoms with Crippen LogP contribution in [0.15, 0.2) is 28.8 Å². The van der Waals surface area contributed by atoms with Gasteiger partial charge in [0.25, 0.3) is 0 Å². The number of nitrogens with zero attached hydrogens (tertiary/aromatic N) is 1. The van der Waals surface area contributed by atoms with Crippen molar-refractivity contribution < 1.29 is 23.6 Å². The Hall–Kier alpha value is -2.87. The van der Waals surface area contributed by atoms with Crippen LogP contribution >= 0.6 is 0 Å². The number of aromatic nitrogens is 2. The molecule has 8 heteroatoms. The number of carbonyl (C=O) groups is 1. The number of nitrogens with one attached hydrogen (secondary N) is 2. The number of carbonyl (C=O) groups excluding carboxylic acids is 1. The third-order valence-electron chi connectivity index (χ3n) is 3.61. The number of aliphatic hydroxyl groups is 1. The fourth-order valence-corrected chi connectivity index (χ4v) is 2.36. The SMILES string of the molecule is Cc1cc(COc2cc3[nH]c(CNC(=O)[C@@H](C)O)cc3cc2F)on1. The van der Waals surface area contributed by atoms with Crippen molar-refractivity contribution in [3.63, 3.8) is 0 Å². The average molecular weight is 347 g/mol. The molecule has 7 nitrogen and oxygen atoms in total. The maximum atomic E-state index is 14.2. The van der Waals surface area contributed by atoms with Gasteiger partial charge in [-0.1, -0.05) is 5.16 Å². The number of ether oxygens (including phenoxy) is 1. The number of benzene rings is 1. The highest BCUT2D eigenvalue weighted by atomic mass is 19.1. The van der Waals surface area contributed by atoms with Gasteiger partial charge in [-0.2, -0.15) is 0 Å². The summed E-state index contributed by atoms with van der Waals surface area (Å²) in [5.74, 6) is -0.383. The molecule has 0 aliphatic rings. The predicted octanol–water partition coefficient (Wildman–Crippen LogP) is 2.18. The number of aromatic amines is 1. The summed E-state index contributed by atoms with van der Waals surface area (Å²) in [5.41, 5.74) is 2.08. The molecule has 132 valence electrons. The first kappa shape index (κ1) is 17.0. The lowest BCUT2D eigenvalue weighted by Crippen LogP contribution is -2.32. The monoisotopic (exact) mass is 347 g/mol. The minimum atomic E-state index is -1.08. The molecule has 0 bridgehead atoms. The highest BCUT2D eigenvalue weighted by Gasteiger charge is 2.12. The minimum absolute atomic E-state index is 0.0707. The van der Waals surface area contributed by atoms with Crippen molar-refractivity contribution in [1.29, 1.82) is 0 Å². The molecule has 2 heterocycles. The molecule has 1 aromatic carbocycles. The molecule has 0 unspecified atom stereocenters. The second-order valence-electron chi connectivity index (χ2n) is 5.78. The number of hydrogen-bond acceptors (Lipinski definition) is 5. The zero-order valence-electron chi connectivity index (χ0n) is 13.8. The summed E-state index contributed by atoms with van der Waals surface area (Å²) >= 11 is 0. The second-order valence-corrected chi connectivity index (χ2v) is 5.78. The summed E-state index contributed by atoms with van der Waals surface area (Å²) in [6.07, 6.45) is -1.08. The highest BCUT2D eigenvalue weighted by molar-refractivity contribution is 5.83. The van der Waals surface area contributed by atoms with E-state index in [1.807, 2.05) is 0 Å². The summed E-state index contributed by atoms with van der Waals surface area (Å²) in [6, 6.07) is 6.35. The van der Waals surface area contributed by atoms with E-state index in [0.717, 1.165) is 5.69 Å². The molecule has 0 saturated heterocycles. The lowest BCUT2D eigenvalue weighted by Gasteiger charge is -2.05. The first-order valence-electron chi connectivity index (χ1n) is 7.74. The van der Waals surface area contributed by atoms with Crippen LogP contribution in [0.1, 0.15) is 24.1 Å². The summed E-state index contributed by atoms with van der Waals surface area (Å²) in [6.45, 7) is 3.45. The Morgan fingerprint density at radius 1 is 1.44 bits per heavy atom. The number of halogens is 1. The Labute approximate surface area is 142 Å². The van der Waals surface area contributed by atoms with Gasteiger partial charge in [0, 0.05) is 28.7 Å². The van der Waals surface area contributed by atoms with Crippen molar-refractivity contribution in [3.8, 4) is 5.75 Å². The highest BCUT2D eigenvalue weighted by Crippen LogP contribution is 2.26. The molecule has 0 aliphatic carbocycles. The Balaban J connectivity index is 1.72. The van der Waals surface area contributed by atoms with E-state index in [1.165, 1.54) is 13.0 Å². The van der Waals surface area contributed by atoms with Gasteiger partial charge >= 0.3 is 0 Å². The maximum Gasteiger partial charge on any atom is 0.248 e. The van der Waals surface area contributed by atoms with Gasteiger partial charge < -0.3 is 24.7 Å². The van der Waals surface area contributed by atoms with E-state index in [-0.39, 0.29) is 18.9 Å². The summed E-state index contributed by atoms with van der Waals surface area (Å²) in [7, 11) is 0. The number of hydrogen-bond donors (Lipinski definition) is 3. The van der Waals surface area contributed by atoms with Gasteiger partial charge in [-0.3, -0.25) is 4.79 Å². The van der Waals surface area contributed by atoms with Gasteiger partial charge in [0.05, 0.1) is 12.2 Å². The number of fused-ring (bicyclic) bond motifs is 1. The quantitative estimate of drug-likeness (QED) is 0.634. The number of aliphatic hydroxyl groups excluding tert-OH is 1. The van der Waals surface area contributed by atoms with E-state index in [9.17, 15) is 9.18 Å². The van der Waals surface area contributed by atoms with Crippen LogP contribution in [0.4, 0.5) is 4.39 Å².